The van der Waals surface area contributed by atoms with Crippen LogP contribution in [-0.2, 0) is 0 Å². The average Bonchev–Trinajstić information content (AvgIpc) is 2.41. The van der Waals surface area contributed by atoms with E-state index in [0.717, 1.165) is 5.56 Å². The molecule has 0 spiro atoms. The zero-order valence-corrected chi connectivity index (χ0v) is 11.4. The van der Waals surface area contributed by atoms with Gasteiger partial charge in [0, 0.05) is 0 Å². The molecule has 0 heterocycles. The lowest BCUT2D eigenvalue weighted by molar-refractivity contribution is 0.279. The zero-order valence-electron chi connectivity index (χ0n) is 11.4. The van der Waals surface area contributed by atoms with Gasteiger partial charge in [-0.1, -0.05) is 38.0 Å². The molecule has 1 aromatic rings. The maximum absolute atomic E-state index is 5.63. The van der Waals surface area contributed by atoms with Crippen LogP contribution in [0.1, 0.15) is 5.56 Å². The predicted molar refractivity (Wildman–Crippen MR) is 78.3 cm³/mol. The molecule has 0 unspecified atom stereocenters. The van der Waals surface area contributed by atoms with Crippen molar-refractivity contribution in [3.63, 3.8) is 0 Å². The molecule has 0 saturated carbocycles. The van der Waals surface area contributed by atoms with Crippen molar-refractivity contribution in [3.8, 4) is 17.2 Å². The van der Waals surface area contributed by atoms with Crippen LogP contribution in [0, 0.1) is 6.92 Å². The molecule has 1 rings (SSSR count). The van der Waals surface area contributed by atoms with E-state index in [-0.39, 0.29) is 0 Å². The zero-order chi connectivity index (χ0) is 14.1. The standard InChI is InChI=1S/C16H20O3/c1-5-8-17-14-11-13(4)12-15(18-9-6-2)16(14)19-10-7-3/h5-7,11-12H,1-3,8-10H2,4H3. The van der Waals surface area contributed by atoms with Gasteiger partial charge in [0.2, 0.25) is 5.75 Å². The van der Waals surface area contributed by atoms with E-state index in [2.05, 4.69) is 19.7 Å². The van der Waals surface area contributed by atoms with E-state index in [9.17, 15) is 0 Å². The molecule has 1 aromatic carbocycles. The Balaban J connectivity index is 3.08. The highest BCUT2D eigenvalue weighted by molar-refractivity contribution is 5.53. The van der Waals surface area contributed by atoms with Crippen LogP contribution in [-0.4, -0.2) is 19.8 Å². The third-order valence-electron chi connectivity index (χ3n) is 2.22. The van der Waals surface area contributed by atoms with Crippen molar-refractivity contribution >= 4 is 0 Å². The summed E-state index contributed by atoms with van der Waals surface area (Å²) >= 11 is 0. The first-order chi connectivity index (χ1) is 9.22. The van der Waals surface area contributed by atoms with Crippen LogP contribution < -0.4 is 14.2 Å². The minimum atomic E-state index is 0.387. The van der Waals surface area contributed by atoms with Crippen molar-refractivity contribution in [1.82, 2.24) is 0 Å². The van der Waals surface area contributed by atoms with Gasteiger partial charge >= 0.3 is 0 Å². The molecule has 0 aliphatic rings. The average molecular weight is 260 g/mol. The smallest absolute Gasteiger partial charge is 0.203 e. The molecule has 0 N–H and O–H groups in total. The van der Waals surface area contributed by atoms with Crippen LogP contribution in [0.25, 0.3) is 0 Å². The van der Waals surface area contributed by atoms with E-state index >= 15 is 0 Å². The van der Waals surface area contributed by atoms with Gasteiger partial charge < -0.3 is 14.2 Å². The Morgan fingerprint density at radius 3 is 1.68 bits per heavy atom. The molecule has 0 saturated heterocycles. The van der Waals surface area contributed by atoms with Crippen LogP contribution in [0.2, 0.25) is 0 Å². The van der Waals surface area contributed by atoms with Crippen molar-refractivity contribution in [1.29, 1.82) is 0 Å². The minimum absolute atomic E-state index is 0.387. The molecule has 3 heteroatoms. The van der Waals surface area contributed by atoms with E-state index < -0.39 is 0 Å². The van der Waals surface area contributed by atoms with Crippen LogP contribution in [0.5, 0.6) is 17.2 Å². The Hall–Kier alpha value is -2.16. The molecule has 19 heavy (non-hydrogen) atoms. The van der Waals surface area contributed by atoms with E-state index in [4.69, 9.17) is 14.2 Å². The van der Waals surface area contributed by atoms with Crippen molar-refractivity contribution in [2.45, 2.75) is 6.92 Å². The molecule has 102 valence electrons. The lowest BCUT2D eigenvalue weighted by Crippen LogP contribution is -2.03. The van der Waals surface area contributed by atoms with Crippen LogP contribution in [0.3, 0.4) is 0 Å². The van der Waals surface area contributed by atoms with Gasteiger partial charge in [-0.2, -0.15) is 0 Å². The molecule has 0 radical (unpaired) electrons. The highest BCUT2D eigenvalue weighted by Crippen LogP contribution is 2.38. The van der Waals surface area contributed by atoms with Crippen molar-refractivity contribution in [3.05, 3.63) is 55.7 Å². The molecule has 0 aliphatic carbocycles. The van der Waals surface area contributed by atoms with Gasteiger partial charge in [0.15, 0.2) is 11.5 Å². The second-order valence-corrected chi connectivity index (χ2v) is 3.89. The van der Waals surface area contributed by atoms with Gasteiger partial charge in [0.05, 0.1) is 0 Å². The normalized spacial score (nSPS) is 9.53. The van der Waals surface area contributed by atoms with Gasteiger partial charge in [0.25, 0.3) is 0 Å². The van der Waals surface area contributed by atoms with Crippen molar-refractivity contribution in [2.75, 3.05) is 19.8 Å². The van der Waals surface area contributed by atoms with Gasteiger partial charge in [-0.3, -0.25) is 0 Å². The number of rotatable bonds is 9. The van der Waals surface area contributed by atoms with Gasteiger partial charge in [0.1, 0.15) is 19.8 Å². The monoisotopic (exact) mass is 260 g/mol. The maximum atomic E-state index is 5.63. The first kappa shape index (κ1) is 14.9. The van der Waals surface area contributed by atoms with E-state index in [0.29, 0.717) is 37.1 Å². The second kappa shape index (κ2) is 8.03. The minimum Gasteiger partial charge on any atom is -0.485 e. The molecule has 0 aromatic heterocycles. The Kier molecular flexibility index (Phi) is 6.30. The number of benzene rings is 1. The lowest BCUT2D eigenvalue weighted by atomic mass is 10.2. The third-order valence-corrected chi connectivity index (χ3v) is 2.22. The molecule has 0 atom stereocenters. The van der Waals surface area contributed by atoms with E-state index in [1.807, 2.05) is 19.1 Å². The molecular formula is C16H20O3. The number of hydrogen-bond acceptors (Lipinski definition) is 3. The summed E-state index contributed by atoms with van der Waals surface area (Å²) in [6.07, 6.45) is 5.04. The quantitative estimate of drug-likeness (QED) is 0.634. The molecule has 0 fully saturated rings. The molecule has 0 bridgehead atoms. The van der Waals surface area contributed by atoms with Crippen LogP contribution in [0.4, 0.5) is 0 Å². The predicted octanol–water partition coefficient (Wildman–Crippen LogP) is 3.69. The summed E-state index contributed by atoms with van der Waals surface area (Å²) < 4.78 is 16.8. The molecule has 0 aliphatic heterocycles. The first-order valence-corrected chi connectivity index (χ1v) is 6.08. The molecule has 0 amide bonds. The number of aryl methyl sites for hydroxylation is 1. The van der Waals surface area contributed by atoms with E-state index in [1.54, 1.807) is 18.2 Å². The van der Waals surface area contributed by atoms with Crippen molar-refractivity contribution in [2.24, 2.45) is 0 Å². The Morgan fingerprint density at radius 1 is 0.842 bits per heavy atom. The largest absolute Gasteiger partial charge is 0.485 e. The Labute approximate surface area is 114 Å². The second-order valence-electron chi connectivity index (χ2n) is 3.89. The number of hydrogen-bond donors (Lipinski definition) is 0. The highest BCUT2D eigenvalue weighted by Gasteiger charge is 2.13. The van der Waals surface area contributed by atoms with Gasteiger partial charge in [-0.25, -0.2) is 0 Å². The summed E-state index contributed by atoms with van der Waals surface area (Å²) in [6.45, 7) is 14.1. The SMILES string of the molecule is C=CCOc1cc(C)cc(OCC=C)c1OCC=C. The summed E-state index contributed by atoms with van der Waals surface area (Å²) in [6, 6.07) is 3.81. The molecule has 3 nitrogen and oxygen atoms in total. The van der Waals surface area contributed by atoms with Crippen molar-refractivity contribution < 1.29 is 14.2 Å². The Bertz CT molecular complexity index is 416. The fourth-order valence-electron chi connectivity index (χ4n) is 1.50. The van der Waals surface area contributed by atoms with Crippen LogP contribution >= 0.6 is 0 Å². The topological polar surface area (TPSA) is 27.7 Å². The first-order valence-electron chi connectivity index (χ1n) is 6.08. The van der Waals surface area contributed by atoms with Gasteiger partial charge in [-0.05, 0) is 24.6 Å². The van der Waals surface area contributed by atoms with Gasteiger partial charge in [-0.15, -0.1) is 0 Å². The molecular weight excluding hydrogens is 240 g/mol. The fourth-order valence-corrected chi connectivity index (χ4v) is 1.50. The highest BCUT2D eigenvalue weighted by atomic mass is 16.5. The van der Waals surface area contributed by atoms with Crippen LogP contribution in [0.15, 0.2) is 50.1 Å². The summed E-state index contributed by atoms with van der Waals surface area (Å²) in [4.78, 5) is 0. The third kappa shape index (κ3) is 4.54. The Morgan fingerprint density at radius 2 is 1.26 bits per heavy atom. The summed E-state index contributed by atoms with van der Waals surface area (Å²) in [5.41, 5.74) is 1.03. The lowest BCUT2D eigenvalue weighted by Gasteiger charge is -2.16. The van der Waals surface area contributed by atoms with E-state index in [1.165, 1.54) is 0 Å². The summed E-state index contributed by atoms with van der Waals surface area (Å²) in [5, 5.41) is 0. The summed E-state index contributed by atoms with van der Waals surface area (Å²) in [7, 11) is 0. The number of ether oxygens (including phenoxy) is 3. The maximum Gasteiger partial charge on any atom is 0.203 e. The summed E-state index contributed by atoms with van der Waals surface area (Å²) in [5.74, 6) is 1.86. The fraction of sp³-hybridized carbons (Fsp3) is 0.250.